The van der Waals surface area contributed by atoms with Gasteiger partial charge in [-0.1, -0.05) is 18.8 Å². The van der Waals surface area contributed by atoms with Crippen LogP contribution in [0.2, 0.25) is 0 Å². The van der Waals surface area contributed by atoms with Crippen LogP contribution in [-0.2, 0) is 4.74 Å². The van der Waals surface area contributed by atoms with E-state index >= 15 is 0 Å². The van der Waals surface area contributed by atoms with Crippen molar-refractivity contribution in [3.05, 3.63) is 18.5 Å². The lowest BCUT2D eigenvalue weighted by Crippen LogP contribution is -2.49. The van der Waals surface area contributed by atoms with Gasteiger partial charge in [0.15, 0.2) is 5.82 Å². The van der Waals surface area contributed by atoms with E-state index in [1.54, 1.807) is 13.8 Å². The second-order valence-corrected chi connectivity index (χ2v) is 4.51. The third-order valence-corrected chi connectivity index (χ3v) is 2.94. The number of nitrogens with one attached hydrogen (secondary N) is 1. The van der Waals surface area contributed by atoms with Crippen LogP contribution in [0.3, 0.4) is 0 Å². The second-order valence-electron chi connectivity index (χ2n) is 4.07. The van der Waals surface area contributed by atoms with Crippen LogP contribution in [0.25, 0.3) is 0 Å². The average molecular weight is 279 g/mol. The zero-order valence-corrected chi connectivity index (χ0v) is 11.3. The van der Waals surface area contributed by atoms with E-state index in [9.17, 15) is 4.79 Å². The normalized spacial score (nSPS) is 17.5. The number of allylic oxidation sites excluding steroid dienone is 1. The maximum absolute atomic E-state index is 12.1. The number of nitrogen functional groups attached to an aromatic ring is 1. The molecular weight excluding hydrogens is 266 g/mol. The van der Waals surface area contributed by atoms with Gasteiger partial charge in [-0.15, -0.1) is 0 Å². The summed E-state index contributed by atoms with van der Waals surface area (Å²) in [5, 5.41) is 2.95. The number of nitrogens with two attached hydrogens (primary N) is 1. The van der Waals surface area contributed by atoms with E-state index in [0.717, 1.165) is 0 Å². The number of ether oxygens (including phenoxy) is 1. The molecule has 0 spiro atoms. The highest BCUT2D eigenvalue weighted by atomic mass is 32.1. The number of carbonyl (C=O) groups excluding carboxylic acids is 1. The van der Waals surface area contributed by atoms with Crippen molar-refractivity contribution in [3.63, 3.8) is 0 Å². The summed E-state index contributed by atoms with van der Waals surface area (Å²) in [5.41, 5.74) is 6.06. The highest BCUT2D eigenvalue weighted by Crippen LogP contribution is 2.31. The molecule has 1 atom stereocenters. The number of anilines is 3. The SMILES string of the molecule is C=C(C)OC(=O)N1c2nc(N)ncc2NC(=S)C1C. The van der Waals surface area contributed by atoms with Gasteiger partial charge in [-0.2, -0.15) is 4.98 Å². The lowest BCUT2D eigenvalue weighted by atomic mass is 10.2. The summed E-state index contributed by atoms with van der Waals surface area (Å²) in [6.07, 6.45) is 0.861. The summed E-state index contributed by atoms with van der Waals surface area (Å²) in [6, 6.07) is -0.399. The van der Waals surface area contributed by atoms with Crippen molar-refractivity contribution in [2.45, 2.75) is 19.9 Å². The topological polar surface area (TPSA) is 93.4 Å². The van der Waals surface area contributed by atoms with E-state index in [1.165, 1.54) is 11.1 Å². The molecule has 2 rings (SSSR count). The molecule has 19 heavy (non-hydrogen) atoms. The summed E-state index contributed by atoms with van der Waals surface area (Å²) < 4.78 is 5.01. The molecule has 0 aromatic carbocycles. The Morgan fingerprint density at radius 1 is 1.68 bits per heavy atom. The molecule has 2 heterocycles. The molecule has 1 aliphatic rings. The smallest absolute Gasteiger partial charge is 0.415 e. The Balaban J connectivity index is 2.46. The first-order chi connectivity index (χ1) is 8.90. The van der Waals surface area contributed by atoms with E-state index in [2.05, 4.69) is 21.9 Å². The zero-order chi connectivity index (χ0) is 14.2. The molecule has 0 bridgehead atoms. The minimum Gasteiger partial charge on any atom is -0.415 e. The molecule has 0 saturated carbocycles. The molecule has 1 aromatic heterocycles. The van der Waals surface area contributed by atoms with Crippen LogP contribution < -0.4 is 16.0 Å². The largest absolute Gasteiger partial charge is 0.421 e. The quantitative estimate of drug-likeness (QED) is 0.596. The van der Waals surface area contributed by atoms with Gasteiger partial charge < -0.3 is 15.8 Å². The summed E-state index contributed by atoms with van der Waals surface area (Å²) in [4.78, 5) is 21.8. The fourth-order valence-corrected chi connectivity index (χ4v) is 1.85. The van der Waals surface area contributed by atoms with E-state index in [1.807, 2.05) is 0 Å². The van der Waals surface area contributed by atoms with Crippen molar-refractivity contribution in [1.29, 1.82) is 0 Å². The number of amides is 1. The van der Waals surface area contributed by atoms with Crippen LogP contribution in [0.15, 0.2) is 18.5 Å². The number of hydrogen-bond donors (Lipinski definition) is 2. The predicted molar refractivity (Wildman–Crippen MR) is 75.9 cm³/mol. The minimum absolute atomic E-state index is 0.0636. The number of nitrogens with zero attached hydrogens (tertiary/aromatic N) is 3. The summed E-state index contributed by atoms with van der Waals surface area (Å²) >= 11 is 5.18. The number of carbonyl (C=O) groups is 1. The highest BCUT2D eigenvalue weighted by molar-refractivity contribution is 7.80. The molecule has 1 unspecified atom stereocenters. The Morgan fingerprint density at radius 2 is 2.37 bits per heavy atom. The number of thiocarbonyl (C=S) groups is 1. The molecular formula is C11H13N5O2S. The third kappa shape index (κ3) is 2.48. The minimum atomic E-state index is -0.608. The number of rotatable bonds is 1. The van der Waals surface area contributed by atoms with E-state index < -0.39 is 12.1 Å². The van der Waals surface area contributed by atoms with Gasteiger partial charge in [0.2, 0.25) is 5.95 Å². The molecule has 0 radical (unpaired) electrons. The average Bonchev–Trinajstić information content (AvgIpc) is 2.30. The van der Waals surface area contributed by atoms with Gasteiger partial charge in [0.1, 0.15) is 10.7 Å². The van der Waals surface area contributed by atoms with Gasteiger partial charge in [-0.25, -0.2) is 14.7 Å². The van der Waals surface area contributed by atoms with Crippen LogP contribution in [-0.4, -0.2) is 27.1 Å². The van der Waals surface area contributed by atoms with Gasteiger partial charge in [-0.05, 0) is 13.8 Å². The van der Waals surface area contributed by atoms with Gasteiger partial charge in [0, 0.05) is 0 Å². The van der Waals surface area contributed by atoms with Crippen molar-refractivity contribution < 1.29 is 9.53 Å². The van der Waals surface area contributed by atoms with Crippen LogP contribution in [0.1, 0.15) is 13.8 Å². The molecule has 1 aromatic rings. The maximum atomic E-state index is 12.1. The van der Waals surface area contributed by atoms with Gasteiger partial charge >= 0.3 is 6.09 Å². The zero-order valence-electron chi connectivity index (χ0n) is 10.5. The Kier molecular flexibility index (Phi) is 3.34. The van der Waals surface area contributed by atoms with E-state index in [-0.39, 0.29) is 11.7 Å². The molecule has 0 fully saturated rings. The maximum Gasteiger partial charge on any atom is 0.421 e. The number of aromatic nitrogens is 2. The van der Waals surface area contributed by atoms with Crippen molar-refractivity contribution in [1.82, 2.24) is 9.97 Å². The van der Waals surface area contributed by atoms with Gasteiger partial charge in [-0.3, -0.25) is 0 Å². The summed E-state index contributed by atoms with van der Waals surface area (Å²) in [5.74, 6) is 0.679. The first-order valence-corrected chi connectivity index (χ1v) is 5.91. The fraction of sp³-hybridized carbons (Fsp3) is 0.273. The van der Waals surface area contributed by atoms with E-state index in [4.69, 9.17) is 22.7 Å². The van der Waals surface area contributed by atoms with Crippen molar-refractivity contribution in [2.24, 2.45) is 0 Å². The Labute approximate surface area is 115 Å². The molecule has 3 N–H and O–H groups in total. The highest BCUT2D eigenvalue weighted by Gasteiger charge is 2.34. The summed E-state index contributed by atoms with van der Waals surface area (Å²) in [7, 11) is 0. The third-order valence-electron chi connectivity index (χ3n) is 2.50. The number of fused-ring (bicyclic) bond motifs is 1. The van der Waals surface area contributed by atoms with E-state index in [0.29, 0.717) is 16.5 Å². The lowest BCUT2D eigenvalue weighted by molar-refractivity contribution is 0.183. The molecule has 8 heteroatoms. The first-order valence-electron chi connectivity index (χ1n) is 5.50. The first kappa shape index (κ1) is 13.2. The van der Waals surface area contributed by atoms with Crippen LogP contribution in [0.5, 0.6) is 0 Å². The summed E-state index contributed by atoms with van der Waals surface area (Å²) in [6.45, 7) is 6.87. The second kappa shape index (κ2) is 4.81. The Morgan fingerprint density at radius 3 is 3.00 bits per heavy atom. The van der Waals surface area contributed by atoms with Gasteiger partial charge in [0.05, 0.1) is 18.0 Å². The Bertz CT molecular complexity index is 574. The van der Waals surface area contributed by atoms with Crippen LogP contribution in [0.4, 0.5) is 22.2 Å². The fourth-order valence-electron chi connectivity index (χ4n) is 1.64. The predicted octanol–water partition coefficient (Wildman–Crippen LogP) is 1.68. The molecule has 100 valence electrons. The molecule has 1 aliphatic heterocycles. The van der Waals surface area contributed by atoms with Crippen molar-refractivity contribution >= 4 is 40.8 Å². The van der Waals surface area contributed by atoms with Crippen molar-refractivity contribution in [2.75, 3.05) is 16.0 Å². The monoisotopic (exact) mass is 279 g/mol. The Hall–Kier alpha value is -2.22. The molecule has 0 saturated heterocycles. The van der Waals surface area contributed by atoms with Crippen LogP contribution >= 0.6 is 12.2 Å². The van der Waals surface area contributed by atoms with Crippen molar-refractivity contribution in [3.8, 4) is 0 Å². The van der Waals surface area contributed by atoms with Crippen LogP contribution in [0, 0.1) is 0 Å². The number of hydrogen-bond acceptors (Lipinski definition) is 6. The lowest BCUT2D eigenvalue weighted by Gasteiger charge is -2.33. The molecule has 1 amide bonds. The van der Waals surface area contributed by atoms with Gasteiger partial charge in [0.25, 0.3) is 0 Å². The standard InChI is InChI=1S/C11H13N5O2S/c1-5(2)18-11(17)16-6(3)9(19)14-7-4-13-10(12)15-8(7)16/h4,6H,1H2,2-3H3,(H,14,19)(H2,12,13,15). The molecule has 7 nitrogen and oxygen atoms in total. The molecule has 0 aliphatic carbocycles.